The van der Waals surface area contributed by atoms with Crippen molar-refractivity contribution in [2.45, 2.75) is 38.8 Å². The Kier molecular flexibility index (Phi) is 5.20. The molecule has 1 heterocycles. The topological polar surface area (TPSA) is 105 Å². The minimum Gasteiger partial charge on any atom is -0.480 e. The first-order valence-electron chi connectivity index (χ1n) is 7.45. The van der Waals surface area contributed by atoms with E-state index in [4.69, 9.17) is 9.84 Å². The van der Waals surface area contributed by atoms with Crippen molar-refractivity contribution in [1.82, 2.24) is 5.32 Å². The first kappa shape index (κ1) is 16.8. The molecule has 0 fully saturated rings. The highest BCUT2D eigenvalue weighted by Gasteiger charge is 2.31. The molecule has 1 aromatic carbocycles. The maximum atomic E-state index is 12.0. The number of carbonyl (C=O) groups is 3. The van der Waals surface area contributed by atoms with Gasteiger partial charge in [0.1, 0.15) is 11.8 Å². The second kappa shape index (κ2) is 7.13. The number of ether oxygens (including phenoxy) is 1. The van der Waals surface area contributed by atoms with Gasteiger partial charge in [0.15, 0.2) is 6.10 Å². The van der Waals surface area contributed by atoms with Crippen LogP contribution in [0.5, 0.6) is 5.75 Å². The second-order valence-corrected chi connectivity index (χ2v) is 5.88. The van der Waals surface area contributed by atoms with Gasteiger partial charge in [-0.3, -0.25) is 9.59 Å². The van der Waals surface area contributed by atoms with Gasteiger partial charge in [-0.1, -0.05) is 26.0 Å². The molecule has 0 saturated heterocycles. The molecule has 23 heavy (non-hydrogen) atoms. The lowest BCUT2D eigenvalue weighted by atomic mass is 10.0. The first-order chi connectivity index (χ1) is 10.9. The Balaban J connectivity index is 1.97. The first-order valence-corrected chi connectivity index (χ1v) is 7.45. The van der Waals surface area contributed by atoms with Gasteiger partial charge in [0, 0.05) is 0 Å². The average molecular weight is 320 g/mol. The highest BCUT2D eigenvalue weighted by atomic mass is 16.5. The van der Waals surface area contributed by atoms with Gasteiger partial charge in [-0.05, 0) is 24.5 Å². The summed E-state index contributed by atoms with van der Waals surface area (Å²) in [6.07, 6.45) is -0.887. The summed E-state index contributed by atoms with van der Waals surface area (Å²) in [4.78, 5) is 35.2. The highest BCUT2D eigenvalue weighted by Crippen LogP contribution is 2.29. The molecule has 7 nitrogen and oxygen atoms in total. The summed E-state index contributed by atoms with van der Waals surface area (Å²) in [5.74, 6) is -1.43. The Bertz CT molecular complexity index is 614. The molecule has 1 aliphatic rings. The fraction of sp³-hybridized carbons (Fsp3) is 0.438. The van der Waals surface area contributed by atoms with Crippen LogP contribution < -0.4 is 15.4 Å². The van der Waals surface area contributed by atoms with Crippen molar-refractivity contribution in [3.63, 3.8) is 0 Å². The number of amides is 2. The molecule has 1 unspecified atom stereocenters. The molecule has 0 radical (unpaired) electrons. The number of carboxylic acids is 1. The van der Waals surface area contributed by atoms with E-state index >= 15 is 0 Å². The Labute approximate surface area is 134 Å². The van der Waals surface area contributed by atoms with Crippen LogP contribution in [0.4, 0.5) is 5.69 Å². The minimum atomic E-state index is -1.09. The van der Waals surface area contributed by atoms with Crippen molar-refractivity contribution in [2.75, 3.05) is 5.32 Å². The van der Waals surface area contributed by atoms with E-state index in [0.29, 0.717) is 17.9 Å². The number of carbonyl (C=O) groups excluding carboxylic acids is 2. The predicted molar refractivity (Wildman–Crippen MR) is 83.1 cm³/mol. The van der Waals surface area contributed by atoms with Crippen molar-refractivity contribution < 1.29 is 24.2 Å². The molecule has 0 aromatic heterocycles. The summed E-state index contributed by atoms with van der Waals surface area (Å²) in [6.45, 7) is 3.74. The summed E-state index contributed by atoms with van der Waals surface area (Å²) in [5.41, 5.74) is 0.553. The lowest BCUT2D eigenvalue weighted by Gasteiger charge is -2.26. The fourth-order valence-corrected chi connectivity index (χ4v) is 2.34. The van der Waals surface area contributed by atoms with Crippen LogP contribution in [0.25, 0.3) is 0 Å². The van der Waals surface area contributed by atoms with Gasteiger partial charge in [0.25, 0.3) is 5.91 Å². The number of hydrogen-bond acceptors (Lipinski definition) is 4. The fourth-order valence-electron chi connectivity index (χ4n) is 2.34. The molecule has 0 bridgehead atoms. The Morgan fingerprint density at radius 1 is 1.35 bits per heavy atom. The Morgan fingerprint density at radius 2 is 2.04 bits per heavy atom. The zero-order chi connectivity index (χ0) is 17.0. The maximum absolute atomic E-state index is 12.0. The molecule has 0 spiro atoms. The molecule has 1 aromatic rings. The SMILES string of the molecule is CC(C)C[C@H](NC(=O)CC1Oc2ccccc2NC1=O)C(=O)O. The van der Waals surface area contributed by atoms with Crippen LogP contribution in [0.15, 0.2) is 24.3 Å². The third-order valence-corrected chi connectivity index (χ3v) is 3.42. The summed E-state index contributed by atoms with van der Waals surface area (Å²) in [6, 6.07) is 5.95. The number of carboxylic acid groups (broad SMARTS) is 1. The summed E-state index contributed by atoms with van der Waals surface area (Å²) < 4.78 is 5.52. The smallest absolute Gasteiger partial charge is 0.326 e. The van der Waals surface area contributed by atoms with Gasteiger partial charge in [-0.15, -0.1) is 0 Å². The number of fused-ring (bicyclic) bond motifs is 1. The van der Waals surface area contributed by atoms with Gasteiger partial charge in [0.2, 0.25) is 5.91 Å². The number of nitrogens with one attached hydrogen (secondary N) is 2. The third-order valence-electron chi connectivity index (χ3n) is 3.42. The van der Waals surface area contributed by atoms with E-state index in [9.17, 15) is 14.4 Å². The number of hydrogen-bond donors (Lipinski definition) is 3. The predicted octanol–water partition coefficient (Wildman–Crippen LogP) is 1.39. The van der Waals surface area contributed by atoms with E-state index in [0.717, 1.165) is 0 Å². The molecule has 124 valence electrons. The van der Waals surface area contributed by atoms with E-state index < -0.39 is 29.9 Å². The maximum Gasteiger partial charge on any atom is 0.326 e. The molecule has 1 aliphatic heterocycles. The normalized spacial score (nSPS) is 17.7. The highest BCUT2D eigenvalue weighted by molar-refractivity contribution is 6.00. The van der Waals surface area contributed by atoms with Crippen molar-refractivity contribution in [3.05, 3.63) is 24.3 Å². The van der Waals surface area contributed by atoms with Crippen LogP contribution in [0.2, 0.25) is 0 Å². The average Bonchev–Trinajstić information content (AvgIpc) is 2.46. The Morgan fingerprint density at radius 3 is 2.70 bits per heavy atom. The second-order valence-electron chi connectivity index (χ2n) is 5.88. The Hall–Kier alpha value is -2.57. The van der Waals surface area contributed by atoms with Crippen molar-refractivity contribution in [2.24, 2.45) is 5.92 Å². The summed E-state index contributed by atoms with van der Waals surface area (Å²) >= 11 is 0. The monoisotopic (exact) mass is 320 g/mol. The molecule has 2 rings (SSSR count). The number of aliphatic carboxylic acids is 1. The zero-order valence-corrected chi connectivity index (χ0v) is 13.0. The molecule has 2 amide bonds. The molecule has 2 atom stereocenters. The van der Waals surface area contributed by atoms with Crippen LogP contribution in [0.3, 0.4) is 0 Å². The molecule has 7 heteroatoms. The largest absolute Gasteiger partial charge is 0.480 e. The van der Waals surface area contributed by atoms with Gasteiger partial charge < -0.3 is 20.5 Å². The lowest BCUT2D eigenvalue weighted by Crippen LogP contribution is -2.46. The number of para-hydroxylation sites is 2. The van der Waals surface area contributed by atoms with Crippen LogP contribution >= 0.6 is 0 Å². The number of rotatable bonds is 6. The van der Waals surface area contributed by atoms with Crippen LogP contribution in [0, 0.1) is 5.92 Å². The van der Waals surface area contributed by atoms with Crippen molar-refractivity contribution >= 4 is 23.5 Å². The molecular weight excluding hydrogens is 300 g/mol. The van der Waals surface area contributed by atoms with Gasteiger partial charge in [-0.2, -0.15) is 0 Å². The van der Waals surface area contributed by atoms with E-state index in [-0.39, 0.29) is 12.3 Å². The minimum absolute atomic E-state index is 0.123. The van der Waals surface area contributed by atoms with E-state index in [2.05, 4.69) is 10.6 Å². The summed E-state index contributed by atoms with van der Waals surface area (Å²) in [7, 11) is 0. The van der Waals surface area contributed by atoms with Crippen LogP contribution in [-0.4, -0.2) is 35.0 Å². The quantitative estimate of drug-likeness (QED) is 0.734. The number of anilines is 1. The van der Waals surface area contributed by atoms with Crippen molar-refractivity contribution in [1.29, 1.82) is 0 Å². The van der Waals surface area contributed by atoms with E-state index in [1.807, 2.05) is 13.8 Å². The van der Waals surface area contributed by atoms with E-state index in [1.54, 1.807) is 24.3 Å². The van der Waals surface area contributed by atoms with Crippen molar-refractivity contribution in [3.8, 4) is 5.75 Å². The lowest BCUT2D eigenvalue weighted by molar-refractivity contribution is -0.142. The van der Waals surface area contributed by atoms with Gasteiger partial charge in [-0.25, -0.2) is 4.79 Å². The van der Waals surface area contributed by atoms with Crippen LogP contribution in [-0.2, 0) is 14.4 Å². The molecule has 3 N–H and O–H groups in total. The standard InChI is InChI=1S/C16H20N2O5/c1-9(2)7-11(16(21)22)17-14(19)8-13-15(20)18-10-5-3-4-6-12(10)23-13/h3-6,9,11,13H,7-8H2,1-2H3,(H,17,19)(H,18,20)(H,21,22)/t11-,13?/m0/s1. The molecule has 0 aliphatic carbocycles. The number of benzene rings is 1. The van der Waals surface area contributed by atoms with Crippen LogP contribution in [0.1, 0.15) is 26.7 Å². The van der Waals surface area contributed by atoms with Gasteiger partial charge >= 0.3 is 5.97 Å². The van der Waals surface area contributed by atoms with Gasteiger partial charge in [0.05, 0.1) is 12.1 Å². The summed E-state index contributed by atoms with van der Waals surface area (Å²) in [5, 5.41) is 14.2. The van der Waals surface area contributed by atoms with E-state index in [1.165, 1.54) is 0 Å². The zero-order valence-electron chi connectivity index (χ0n) is 13.0. The molecule has 0 saturated carbocycles. The molecular formula is C16H20N2O5. The third kappa shape index (κ3) is 4.45.